The van der Waals surface area contributed by atoms with Gasteiger partial charge in [0.15, 0.2) is 0 Å². The molecule has 0 N–H and O–H groups in total. The number of aromatic nitrogens is 3. The minimum Gasteiger partial charge on any atom is -0.381 e. The number of nitrogens with zero attached hydrogens (tertiary/aromatic N) is 4. The van der Waals surface area contributed by atoms with Gasteiger partial charge in [-0.3, -0.25) is 4.90 Å². The molecule has 4 heterocycles. The Labute approximate surface area is 194 Å². The first-order valence-corrected chi connectivity index (χ1v) is 11.3. The highest BCUT2D eigenvalue weighted by atomic mass is 35.5. The molecule has 3 aromatic rings. The van der Waals surface area contributed by atoms with Gasteiger partial charge in [-0.05, 0) is 58.1 Å². The van der Waals surface area contributed by atoms with Crippen LogP contribution in [0.15, 0.2) is 28.9 Å². The molecule has 1 aromatic carbocycles. The van der Waals surface area contributed by atoms with Crippen molar-refractivity contribution in [3.05, 3.63) is 35.3 Å². The first kappa shape index (κ1) is 22.6. The van der Waals surface area contributed by atoms with Gasteiger partial charge in [-0.25, -0.2) is 0 Å². The number of benzene rings is 1. The summed E-state index contributed by atoms with van der Waals surface area (Å²) < 4.78 is 13.4. The predicted molar refractivity (Wildman–Crippen MR) is 125 cm³/mol. The lowest BCUT2D eigenvalue weighted by Crippen LogP contribution is -2.37. The second-order valence-electron chi connectivity index (χ2n) is 9.24. The molecule has 0 amide bonds. The largest absolute Gasteiger partial charge is 0.381 e. The average Bonchev–Trinajstić information content (AvgIpc) is 3.42. The molecule has 2 fully saturated rings. The van der Waals surface area contributed by atoms with Gasteiger partial charge in [0, 0.05) is 42.4 Å². The number of para-hydroxylation sites is 1. The van der Waals surface area contributed by atoms with Crippen LogP contribution in [0.25, 0.3) is 22.3 Å². The average molecular weight is 465 g/mol. The number of fused-ring (bicyclic) bond motifs is 1. The van der Waals surface area contributed by atoms with Crippen LogP contribution < -0.4 is 0 Å². The fraction of sp³-hybridized carbons (Fsp3) is 0.565. The molecule has 0 saturated carbocycles. The van der Waals surface area contributed by atoms with Crippen LogP contribution in [0.3, 0.4) is 0 Å². The maximum atomic E-state index is 6.61. The Hall–Kier alpha value is -1.60. The second kappa shape index (κ2) is 9.10. The van der Waals surface area contributed by atoms with Gasteiger partial charge in [-0.15, -0.1) is 12.4 Å². The zero-order valence-corrected chi connectivity index (χ0v) is 19.7. The molecule has 168 valence electrons. The Morgan fingerprint density at radius 1 is 1.23 bits per heavy atom. The van der Waals surface area contributed by atoms with Gasteiger partial charge in [0.1, 0.15) is 0 Å². The Morgan fingerprint density at radius 2 is 2.03 bits per heavy atom. The van der Waals surface area contributed by atoms with Crippen molar-refractivity contribution >= 4 is 34.9 Å². The van der Waals surface area contributed by atoms with E-state index in [2.05, 4.69) is 40.7 Å². The Balaban J connectivity index is 0.00000231. The Morgan fingerprint density at radius 3 is 2.77 bits per heavy atom. The topological polar surface area (TPSA) is 56.3 Å². The third-order valence-corrected chi connectivity index (χ3v) is 7.06. The summed E-state index contributed by atoms with van der Waals surface area (Å²) in [5.74, 6) is 1.91. The van der Waals surface area contributed by atoms with E-state index in [1.54, 1.807) is 0 Å². The second-order valence-corrected chi connectivity index (χ2v) is 9.64. The zero-order chi connectivity index (χ0) is 20.7. The molecule has 0 unspecified atom stereocenters. The molecular weight excluding hydrogens is 435 g/mol. The van der Waals surface area contributed by atoms with Gasteiger partial charge in [-0.2, -0.15) is 4.98 Å². The molecule has 0 aliphatic carbocycles. The quantitative estimate of drug-likeness (QED) is 0.493. The van der Waals surface area contributed by atoms with E-state index in [1.165, 1.54) is 12.8 Å². The van der Waals surface area contributed by atoms with E-state index in [-0.39, 0.29) is 17.9 Å². The highest BCUT2D eigenvalue weighted by molar-refractivity contribution is 6.35. The van der Waals surface area contributed by atoms with Crippen LogP contribution >= 0.6 is 24.0 Å². The van der Waals surface area contributed by atoms with E-state index in [0.717, 1.165) is 60.6 Å². The molecule has 6 nitrogen and oxygen atoms in total. The zero-order valence-electron chi connectivity index (χ0n) is 18.1. The third-order valence-electron chi connectivity index (χ3n) is 6.75. The van der Waals surface area contributed by atoms with E-state index in [1.807, 2.05) is 12.1 Å². The number of ether oxygens (including phenoxy) is 1. The highest BCUT2D eigenvalue weighted by Crippen LogP contribution is 2.35. The molecule has 2 aliphatic rings. The molecule has 2 aliphatic heterocycles. The molecule has 2 saturated heterocycles. The number of hydrogen-bond donors (Lipinski definition) is 0. The molecule has 0 radical (unpaired) electrons. The fourth-order valence-corrected chi connectivity index (χ4v) is 5.18. The molecule has 5 rings (SSSR count). The maximum Gasteiger partial charge on any atom is 0.241 e. The van der Waals surface area contributed by atoms with E-state index >= 15 is 0 Å². The summed E-state index contributed by atoms with van der Waals surface area (Å²) in [4.78, 5) is 7.18. The number of halogens is 2. The van der Waals surface area contributed by atoms with E-state index < -0.39 is 0 Å². The lowest BCUT2D eigenvalue weighted by atomic mass is 10.0. The monoisotopic (exact) mass is 464 g/mol. The SMILES string of the molecule is CC1(C)CCCN1Cc1nc(-c2cn(CC3CCOCC3)c3c(Cl)cccc23)no1.Cl. The van der Waals surface area contributed by atoms with Gasteiger partial charge < -0.3 is 13.8 Å². The van der Waals surface area contributed by atoms with Gasteiger partial charge >= 0.3 is 0 Å². The van der Waals surface area contributed by atoms with Crippen LogP contribution in [0.1, 0.15) is 45.4 Å². The van der Waals surface area contributed by atoms with E-state index in [4.69, 9.17) is 25.8 Å². The van der Waals surface area contributed by atoms with Crippen LogP contribution in [-0.4, -0.2) is 44.9 Å². The Bertz CT molecular complexity index is 1040. The van der Waals surface area contributed by atoms with Crippen LogP contribution in [0.5, 0.6) is 0 Å². The summed E-state index contributed by atoms with van der Waals surface area (Å²) in [6.07, 6.45) is 6.72. The summed E-state index contributed by atoms with van der Waals surface area (Å²) in [6.45, 7) is 8.94. The van der Waals surface area contributed by atoms with Crippen molar-refractivity contribution in [3.8, 4) is 11.4 Å². The van der Waals surface area contributed by atoms with Gasteiger partial charge in [0.05, 0.1) is 17.1 Å². The predicted octanol–water partition coefficient (Wildman–Crippen LogP) is 5.57. The third kappa shape index (κ3) is 4.49. The van der Waals surface area contributed by atoms with Crippen molar-refractivity contribution in [3.63, 3.8) is 0 Å². The van der Waals surface area contributed by atoms with Gasteiger partial charge in [0.2, 0.25) is 11.7 Å². The van der Waals surface area contributed by atoms with Crippen molar-refractivity contribution in [2.75, 3.05) is 19.8 Å². The van der Waals surface area contributed by atoms with Crippen LogP contribution in [-0.2, 0) is 17.8 Å². The van der Waals surface area contributed by atoms with Crippen molar-refractivity contribution in [2.45, 2.75) is 58.2 Å². The minimum atomic E-state index is 0. The lowest BCUT2D eigenvalue weighted by Gasteiger charge is -2.29. The van der Waals surface area contributed by atoms with Crippen molar-refractivity contribution < 1.29 is 9.26 Å². The smallest absolute Gasteiger partial charge is 0.241 e. The first-order chi connectivity index (χ1) is 14.5. The van der Waals surface area contributed by atoms with Crippen molar-refractivity contribution in [1.82, 2.24) is 19.6 Å². The minimum absolute atomic E-state index is 0. The summed E-state index contributed by atoms with van der Waals surface area (Å²) in [5, 5.41) is 6.16. The lowest BCUT2D eigenvalue weighted by molar-refractivity contribution is 0.0616. The van der Waals surface area contributed by atoms with Crippen LogP contribution in [0.4, 0.5) is 0 Å². The van der Waals surface area contributed by atoms with Crippen molar-refractivity contribution in [2.24, 2.45) is 5.92 Å². The molecule has 0 spiro atoms. The number of hydrogen-bond acceptors (Lipinski definition) is 5. The highest BCUT2D eigenvalue weighted by Gasteiger charge is 2.33. The number of likely N-dealkylation sites (tertiary alicyclic amines) is 1. The molecule has 0 bridgehead atoms. The maximum absolute atomic E-state index is 6.61. The summed E-state index contributed by atoms with van der Waals surface area (Å²) in [5.41, 5.74) is 2.21. The summed E-state index contributed by atoms with van der Waals surface area (Å²) >= 11 is 6.61. The van der Waals surface area contributed by atoms with Crippen LogP contribution in [0, 0.1) is 5.92 Å². The number of rotatable bonds is 5. The first-order valence-electron chi connectivity index (χ1n) is 10.9. The van der Waals surface area contributed by atoms with Gasteiger partial charge in [0.25, 0.3) is 0 Å². The van der Waals surface area contributed by atoms with Crippen LogP contribution in [0.2, 0.25) is 5.02 Å². The molecule has 0 atom stereocenters. The molecule has 31 heavy (non-hydrogen) atoms. The Kier molecular flexibility index (Phi) is 6.63. The summed E-state index contributed by atoms with van der Waals surface area (Å²) in [7, 11) is 0. The molecule has 8 heteroatoms. The van der Waals surface area contributed by atoms with E-state index in [0.29, 0.717) is 24.2 Å². The molecule has 2 aromatic heterocycles. The molecular formula is C23H30Cl2N4O2. The fourth-order valence-electron chi connectivity index (χ4n) is 4.89. The van der Waals surface area contributed by atoms with Crippen molar-refractivity contribution in [1.29, 1.82) is 0 Å². The summed E-state index contributed by atoms with van der Waals surface area (Å²) in [6, 6.07) is 6.03. The van der Waals surface area contributed by atoms with Gasteiger partial charge in [-0.1, -0.05) is 28.9 Å². The van der Waals surface area contributed by atoms with E-state index in [9.17, 15) is 0 Å². The normalized spacial score (nSPS) is 19.7. The standard InChI is InChI=1S/C23H29ClN4O2.ClH/c1-23(2)9-4-10-28(23)15-20-25-22(26-30-20)18-14-27(13-16-7-11-29-12-8-16)21-17(18)5-3-6-19(21)24;/h3,5-6,14,16H,4,7-13,15H2,1-2H3;1H.